The molecule has 25 heavy (non-hydrogen) atoms. The summed E-state index contributed by atoms with van der Waals surface area (Å²) in [5.74, 6) is -0.0957. The number of rotatable bonds is 3. The second-order valence-electron chi connectivity index (χ2n) is 7.20. The first-order valence-electron chi connectivity index (χ1n) is 8.83. The monoisotopic (exact) mass is 348 g/mol. The van der Waals surface area contributed by atoms with Crippen molar-refractivity contribution in [3.63, 3.8) is 0 Å². The third-order valence-corrected chi connectivity index (χ3v) is 5.49. The van der Waals surface area contributed by atoms with Crippen LogP contribution in [-0.2, 0) is 39.0 Å². The lowest BCUT2D eigenvalue weighted by molar-refractivity contribution is -0.126. The number of hydrogen-bond donors (Lipinski definition) is 2. The van der Waals surface area contributed by atoms with Crippen LogP contribution in [0.3, 0.4) is 0 Å². The topological polar surface area (TPSA) is 94.5 Å². The molecule has 4 rings (SSSR count). The van der Waals surface area contributed by atoms with E-state index < -0.39 is 0 Å². The lowest BCUT2D eigenvalue weighted by atomic mass is 9.87. The summed E-state index contributed by atoms with van der Waals surface area (Å²) >= 11 is 0. The Morgan fingerprint density at radius 1 is 1.20 bits per heavy atom. The number of nitrogens with one attached hydrogen (secondary N) is 2. The van der Waals surface area contributed by atoms with Crippen molar-refractivity contribution in [2.24, 2.45) is 13.0 Å². The molecule has 0 saturated carbocycles. The molecule has 5 atom stereocenters. The SMILES string of the molecule is CC(=O)N[C@H]1CO[C@H]2[C@@H]1OC[C@@H]2NC(=O)C1CCc2cnn(C)c2C1. The van der Waals surface area contributed by atoms with Gasteiger partial charge in [0.05, 0.1) is 31.5 Å². The van der Waals surface area contributed by atoms with Crippen molar-refractivity contribution in [2.75, 3.05) is 13.2 Å². The second-order valence-corrected chi connectivity index (χ2v) is 7.20. The molecule has 1 unspecified atom stereocenters. The van der Waals surface area contributed by atoms with E-state index in [-0.39, 0.29) is 42.0 Å². The molecule has 0 bridgehead atoms. The van der Waals surface area contributed by atoms with Gasteiger partial charge in [-0.3, -0.25) is 14.3 Å². The molecule has 136 valence electrons. The van der Waals surface area contributed by atoms with E-state index in [1.165, 1.54) is 12.5 Å². The molecule has 1 aromatic rings. The molecule has 2 saturated heterocycles. The first-order chi connectivity index (χ1) is 12.0. The van der Waals surface area contributed by atoms with Crippen molar-refractivity contribution in [3.8, 4) is 0 Å². The van der Waals surface area contributed by atoms with E-state index in [9.17, 15) is 9.59 Å². The quantitative estimate of drug-likeness (QED) is 0.754. The molecule has 3 heterocycles. The number of aryl methyl sites for hydroxylation is 2. The predicted molar refractivity (Wildman–Crippen MR) is 87.7 cm³/mol. The van der Waals surface area contributed by atoms with Crippen LogP contribution in [0, 0.1) is 5.92 Å². The van der Waals surface area contributed by atoms with Gasteiger partial charge in [-0.15, -0.1) is 0 Å². The Hall–Kier alpha value is -1.93. The summed E-state index contributed by atoms with van der Waals surface area (Å²) in [6.45, 7) is 2.32. The highest BCUT2D eigenvalue weighted by Gasteiger charge is 2.48. The fraction of sp³-hybridized carbons (Fsp3) is 0.706. The minimum atomic E-state index is -0.198. The van der Waals surface area contributed by atoms with E-state index in [1.807, 2.05) is 17.9 Å². The van der Waals surface area contributed by atoms with Crippen molar-refractivity contribution in [3.05, 3.63) is 17.5 Å². The van der Waals surface area contributed by atoms with Gasteiger partial charge in [0.1, 0.15) is 12.2 Å². The number of carbonyl (C=O) groups is 2. The van der Waals surface area contributed by atoms with Gasteiger partial charge in [-0.1, -0.05) is 0 Å². The van der Waals surface area contributed by atoms with Crippen LogP contribution in [0.4, 0.5) is 0 Å². The largest absolute Gasteiger partial charge is 0.371 e. The van der Waals surface area contributed by atoms with Crippen molar-refractivity contribution >= 4 is 11.8 Å². The molecule has 1 aliphatic carbocycles. The third kappa shape index (κ3) is 3.04. The summed E-state index contributed by atoms with van der Waals surface area (Å²) in [4.78, 5) is 24.0. The van der Waals surface area contributed by atoms with Gasteiger partial charge in [-0.05, 0) is 18.4 Å². The summed E-state index contributed by atoms with van der Waals surface area (Å²) in [6.07, 6.45) is 3.94. The van der Waals surface area contributed by atoms with Gasteiger partial charge in [0.2, 0.25) is 11.8 Å². The lowest BCUT2D eigenvalue weighted by Crippen LogP contribution is -2.48. The van der Waals surface area contributed by atoms with Crippen LogP contribution in [0.2, 0.25) is 0 Å². The summed E-state index contributed by atoms with van der Waals surface area (Å²) in [7, 11) is 1.92. The molecule has 2 N–H and O–H groups in total. The first kappa shape index (κ1) is 16.5. The molecule has 1 aromatic heterocycles. The number of carbonyl (C=O) groups excluding carboxylic acids is 2. The van der Waals surface area contributed by atoms with Crippen molar-refractivity contribution in [1.82, 2.24) is 20.4 Å². The maximum Gasteiger partial charge on any atom is 0.223 e. The van der Waals surface area contributed by atoms with Crippen LogP contribution in [0.1, 0.15) is 24.6 Å². The van der Waals surface area contributed by atoms with Crippen LogP contribution in [0.25, 0.3) is 0 Å². The lowest BCUT2D eigenvalue weighted by Gasteiger charge is -2.25. The van der Waals surface area contributed by atoms with Gasteiger partial charge in [0.15, 0.2) is 0 Å². The Morgan fingerprint density at radius 3 is 2.56 bits per heavy atom. The van der Waals surface area contributed by atoms with Crippen molar-refractivity contribution < 1.29 is 19.1 Å². The number of aromatic nitrogens is 2. The molecule has 0 radical (unpaired) electrons. The van der Waals surface area contributed by atoms with E-state index in [0.717, 1.165) is 18.5 Å². The first-order valence-corrected chi connectivity index (χ1v) is 8.83. The Labute approximate surface area is 146 Å². The highest BCUT2D eigenvalue weighted by atomic mass is 16.6. The standard InChI is InChI=1S/C17H24N4O4/c1-9(22)19-12-7-24-16-13(8-25-15(12)16)20-17(23)10-3-4-11-6-18-21(2)14(11)5-10/h6,10,12-13,15-16H,3-5,7-8H2,1-2H3,(H,19,22)(H,20,23)/t10?,12-,13-,15+,16+/m0/s1. The molecular weight excluding hydrogens is 324 g/mol. The van der Waals surface area contributed by atoms with Gasteiger partial charge >= 0.3 is 0 Å². The van der Waals surface area contributed by atoms with Gasteiger partial charge < -0.3 is 20.1 Å². The Bertz CT molecular complexity index is 688. The molecule has 2 amide bonds. The van der Waals surface area contributed by atoms with E-state index in [1.54, 1.807) is 0 Å². The second kappa shape index (κ2) is 6.42. The maximum atomic E-state index is 12.7. The normalized spacial score (nSPS) is 33.6. The van der Waals surface area contributed by atoms with Gasteiger partial charge in [-0.2, -0.15) is 5.10 Å². The number of fused-ring (bicyclic) bond motifs is 2. The molecule has 2 aliphatic heterocycles. The minimum absolute atomic E-state index is 0.0468. The van der Waals surface area contributed by atoms with Crippen LogP contribution >= 0.6 is 0 Å². The molecule has 8 heteroatoms. The Kier molecular flexibility index (Phi) is 4.24. The number of hydrogen-bond acceptors (Lipinski definition) is 5. The number of amides is 2. The zero-order valence-electron chi connectivity index (χ0n) is 14.5. The van der Waals surface area contributed by atoms with Crippen LogP contribution < -0.4 is 10.6 Å². The predicted octanol–water partition coefficient (Wildman–Crippen LogP) is -0.688. The summed E-state index contributed by atoms with van der Waals surface area (Å²) < 4.78 is 13.4. The number of ether oxygens (including phenoxy) is 2. The Morgan fingerprint density at radius 2 is 1.88 bits per heavy atom. The fourth-order valence-corrected chi connectivity index (χ4v) is 4.18. The van der Waals surface area contributed by atoms with Crippen LogP contribution in [-0.4, -0.2) is 59.1 Å². The van der Waals surface area contributed by atoms with Crippen LogP contribution in [0.5, 0.6) is 0 Å². The molecule has 0 spiro atoms. The average Bonchev–Trinajstić information content (AvgIpc) is 3.25. The smallest absolute Gasteiger partial charge is 0.223 e. The van der Waals surface area contributed by atoms with Gasteiger partial charge in [-0.25, -0.2) is 0 Å². The summed E-state index contributed by atoms with van der Waals surface area (Å²) in [5, 5.41) is 10.2. The van der Waals surface area contributed by atoms with E-state index in [0.29, 0.717) is 19.6 Å². The van der Waals surface area contributed by atoms with Crippen molar-refractivity contribution in [1.29, 1.82) is 0 Å². The summed E-state index contributed by atoms with van der Waals surface area (Å²) in [6, 6.07) is -0.305. The average molecular weight is 348 g/mol. The van der Waals surface area contributed by atoms with Crippen molar-refractivity contribution in [2.45, 2.75) is 50.5 Å². The van der Waals surface area contributed by atoms with Gasteiger partial charge in [0, 0.05) is 32.0 Å². The molecule has 2 fully saturated rings. The van der Waals surface area contributed by atoms with E-state index >= 15 is 0 Å². The molecule has 8 nitrogen and oxygen atoms in total. The number of nitrogens with zero attached hydrogens (tertiary/aromatic N) is 2. The third-order valence-electron chi connectivity index (χ3n) is 5.49. The molecule has 0 aromatic carbocycles. The zero-order chi connectivity index (χ0) is 17.6. The Balaban J connectivity index is 1.36. The maximum absolute atomic E-state index is 12.7. The van der Waals surface area contributed by atoms with E-state index in [4.69, 9.17) is 9.47 Å². The highest BCUT2D eigenvalue weighted by molar-refractivity contribution is 5.79. The fourth-order valence-electron chi connectivity index (χ4n) is 4.18. The summed E-state index contributed by atoms with van der Waals surface area (Å²) in [5.41, 5.74) is 2.39. The zero-order valence-corrected chi connectivity index (χ0v) is 14.5. The molecule has 3 aliphatic rings. The van der Waals surface area contributed by atoms with E-state index in [2.05, 4.69) is 15.7 Å². The minimum Gasteiger partial charge on any atom is -0.371 e. The molecular formula is C17H24N4O4. The van der Waals surface area contributed by atoms with Crippen LogP contribution in [0.15, 0.2) is 6.20 Å². The van der Waals surface area contributed by atoms with Gasteiger partial charge in [0.25, 0.3) is 0 Å². The highest BCUT2D eigenvalue weighted by Crippen LogP contribution is 2.29.